The molecule has 0 aliphatic heterocycles. The fourth-order valence-corrected chi connectivity index (χ4v) is 2.33. The number of hydrogen-bond donors (Lipinski definition) is 1. The summed E-state index contributed by atoms with van der Waals surface area (Å²) in [5, 5.41) is 19.3. The molecule has 1 heterocycles. The second-order valence-corrected chi connectivity index (χ2v) is 5.11. The summed E-state index contributed by atoms with van der Waals surface area (Å²) in [6.45, 7) is 0.0189. The van der Waals surface area contributed by atoms with Crippen LogP contribution < -0.4 is 5.56 Å². The molecule has 0 radical (unpaired) electrons. The second-order valence-electron chi connectivity index (χ2n) is 5.11. The van der Waals surface area contributed by atoms with Crippen molar-refractivity contribution in [1.82, 2.24) is 9.55 Å². The van der Waals surface area contributed by atoms with Crippen LogP contribution >= 0.6 is 0 Å². The van der Waals surface area contributed by atoms with Crippen molar-refractivity contribution in [2.75, 3.05) is 0 Å². The first-order chi connectivity index (χ1) is 11.1. The molecule has 0 aliphatic rings. The molecule has 3 aromatic rings. The van der Waals surface area contributed by atoms with Crippen molar-refractivity contribution in [1.29, 1.82) is 5.26 Å². The van der Waals surface area contributed by atoms with Crippen molar-refractivity contribution >= 4 is 10.9 Å². The second kappa shape index (κ2) is 5.99. The van der Waals surface area contributed by atoms with E-state index in [9.17, 15) is 14.3 Å². The van der Waals surface area contributed by atoms with Crippen molar-refractivity contribution in [3.05, 3.63) is 76.1 Å². The molecule has 0 fully saturated rings. The Bertz CT molecular complexity index is 958. The minimum atomic E-state index is -0.917. The lowest BCUT2D eigenvalue weighted by Gasteiger charge is -2.13. The first-order valence-corrected chi connectivity index (χ1v) is 6.91. The SMILES string of the molecule is N#Cc1ccc(C(O)Cn2cnc3cc(F)ccc3c2=O)cc1. The van der Waals surface area contributed by atoms with E-state index in [-0.39, 0.29) is 17.6 Å². The first-order valence-electron chi connectivity index (χ1n) is 6.91. The Kier molecular flexibility index (Phi) is 3.87. The lowest BCUT2D eigenvalue weighted by molar-refractivity contribution is 0.155. The highest BCUT2D eigenvalue weighted by Crippen LogP contribution is 2.16. The summed E-state index contributed by atoms with van der Waals surface area (Å²) < 4.78 is 14.4. The molecular formula is C17H12FN3O2. The number of aliphatic hydroxyl groups excluding tert-OH is 1. The molecule has 3 rings (SSSR count). The Morgan fingerprint density at radius 3 is 2.70 bits per heavy atom. The maximum atomic E-state index is 13.2. The van der Waals surface area contributed by atoms with E-state index < -0.39 is 11.9 Å². The molecule has 1 N–H and O–H groups in total. The van der Waals surface area contributed by atoms with Gasteiger partial charge in [-0.1, -0.05) is 12.1 Å². The molecule has 1 atom stereocenters. The molecule has 6 heteroatoms. The van der Waals surface area contributed by atoms with Gasteiger partial charge in [0.1, 0.15) is 5.82 Å². The highest BCUT2D eigenvalue weighted by Gasteiger charge is 2.11. The molecule has 0 saturated carbocycles. The van der Waals surface area contributed by atoms with Gasteiger partial charge in [0.15, 0.2) is 0 Å². The number of fused-ring (bicyclic) bond motifs is 1. The Morgan fingerprint density at radius 1 is 1.26 bits per heavy atom. The van der Waals surface area contributed by atoms with E-state index in [1.165, 1.54) is 29.1 Å². The van der Waals surface area contributed by atoms with Crippen LogP contribution in [0.2, 0.25) is 0 Å². The molecule has 23 heavy (non-hydrogen) atoms. The third-order valence-electron chi connectivity index (χ3n) is 3.58. The maximum Gasteiger partial charge on any atom is 0.261 e. The van der Waals surface area contributed by atoms with Crippen LogP contribution in [0.5, 0.6) is 0 Å². The molecule has 1 aromatic heterocycles. The average Bonchev–Trinajstić information content (AvgIpc) is 2.57. The molecule has 1 unspecified atom stereocenters. The monoisotopic (exact) mass is 309 g/mol. The average molecular weight is 309 g/mol. The number of nitriles is 1. The van der Waals surface area contributed by atoms with E-state index in [1.54, 1.807) is 24.3 Å². The van der Waals surface area contributed by atoms with Crippen molar-refractivity contribution in [2.24, 2.45) is 0 Å². The third kappa shape index (κ3) is 2.96. The summed E-state index contributed by atoms with van der Waals surface area (Å²) in [5.41, 5.74) is 1.02. The van der Waals surface area contributed by atoms with Crippen LogP contribution in [-0.4, -0.2) is 14.7 Å². The number of aliphatic hydroxyl groups is 1. The summed E-state index contributed by atoms with van der Waals surface area (Å²) in [6, 6.07) is 12.2. The maximum absolute atomic E-state index is 13.2. The van der Waals surface area contributed by atoms with Crippen molar-refractivity contribution in [3.8, 4) is 6.07 Å². The topological polar surface area (TPSA) is 78.9 Å². The Hall–Kier alpha value is -3.04. The number of rotatable bonds is 3. The summed E-state index contributed by atoms with van der Waals surface area (Å²) in [7, 11) is 0. The van der Waals surface area contributed by atoms with Gasteiger partial charge in [0.05, 0.1) is 41.5 Å². The lowest BCUT2D eigenvalue weighted by Crippen LogP contribution is -2.23. The van der Waals surface area contributed by atoms with Gasteiger partial charge in [-0.25, -0.2) is 9.37 Å². The van der Waals surface area contributed by atoms with E-state index in [2.05, 4.69) is 4.98 Å². The quantitative estimate of drug-likeness (QED) is 0.804. The van der Waals surface area contributed by atoms with Gasteiger partial charge in [0, 0.05) is 6.07 Å². The standard InChI is InChI=1S/C17H12FN3O2/c18-13-5-6-14-15(7-13)20-10-21(17(14)23)9-16(22)12-3-1-11(8-19)2-4-12/h1-7,10,16,22H,9H2. The Labute approximate surface area is 130 Å². The number of aromatic nitrogens is 2. The molecule has 2 aromatic carbocycles. The molecule has 0 aliphatic carbocycles. The number of halogens is 1. The van der Waals surface area contributed by atoms with Gasteiger partial charge >= 0.3 is 0 Å². The zero-order valence-corrected chi connectivity index (χ0v) is 12.0. The predicted octanol–water partition coefficient (Wildman–Crippen LogP) is 2.14. The van der Waals surface area contributed by atoms with Crippen LogP contribution in [0, 0.1) is 17.1 Å². The fraction of sp³-hybridized carbons (Fsp3) is 0.118. The van der Waals surface area contributed by atoms with Crippen LogP contribution in [0.1, 0.15) is 17.2 Å². The van der Waals surface area contributed by atoms with Crippen LogP contribution in [0.25, 0.3) is 10.9 Å². The van der Waals surface area contributed by atoms with Crippen LogP contribution in [0.3, 0.4) is 0 Å². The van der Waals surface area contributed by atoms with Crippen molar-refractivity contribution in [2.45, 2.75) is 12.6 Å². The van der Waals surface area contributed by atoms with Gasteiger partial charge in [-0.05, 0) is 29.8 Å². The zero-order valence-electron chi connectivity index (χ0n) is 12.0. The van der Waals surface area contributed by atoms with Crippen molar-refractivity contribution < 1.29 is 9.50 Å². The highest BCUT2D eigenvalue weighted by molar-refractivity contribution is 5.77. The normalized spacial score (nSPS) is 12.0. The van der Waals surface area contributed by atoms with E-state index in [0.29, 0.717) is 16.5 Å². The van der Waals surface area contributed by atoms with Gasteiger partial charge in [-0.15, -0.1) is 0 Å². The summed E-state index contributed by atoms with van der Waals surface area (Å²) in [4.78, 5) is 16.4. The Balaban J connectivity index is 1.91. The minimum Gasteiger partial charge on any atom is -0.387 e. The zero-order chi connectivity index (χ0) is 16.4. The van der Waals surface area contributed by atoms with Gasteiger partial charge in [0.2, 0.25) is 0 Å². The summed E-state index contributed by atoms with van der Waals surface area (Å²) >= 11 is 0. The van der Waals surface area contributed by atoms with Crippen LogP contribution in [0.4, 0.5) is 4.39 Å². The molecule has 0 bridgehead atoms. The highest BCUT2D eigenvalue weighted by atomic mass is 19.1. The van der Waals surface area contributed by atoms with Gasteiger partial charge < -0.3 is 5.11 Å². The van der Waals surface area contributed by atoms with Gasteiger partial charge in [-0.3, -0.25) is 9.36 Å². The summed E-state index contributed by atoms with van der Waals surface area (Å²) in [6.07, 6.45) is 0.372. The molecule has 0 spiro atoms. The molecule has 0 amide bonds. The van der Waals surface area contributed by atoms with Crippen LogP contribution in [0.15, 0.2) is 53.6 Å². The smallest absolute Gasteiger partial charge is 0.261 e. The number of nitrogens with zero attached hydrogens (tertiary/aromatic N) is 3. The lowest BCUT2D eigenvalue weighted by atomic mass is 10.1. The molecular weight excluding hydrogens is 297 g/mol. The first kappa shape index (κ1) is 14.9. The van der Waals surface area contributed by atoms with Gasteiger partial charge in [0.25, 0.3) is 5.56 Å². The van der Waals surface area contributed by atoms with Gasteiger partial charge in [-0.2, -0.15) is 5.26 Å². The van der Waals surface area contributed by atoms with E-state index in [4.69, 9.17) is 5.26 Å². The molecule has 114 valence electrons. The van der Waals surface area contributed by atoms with Crippen LogP contribution in [-0.2, 0) is 6.54 Å². The van der Waals surface area contributed by atoms with E-state index in [1.807, 2.05) is 6.07 Å². The fourth-order valence-electron chi connectivity index (χ4n) is 2.33. The minimum absolute atomic E-state index is 0.0189. The summed E-state index contributed by atoms with van der Waals surface area (Å²) in [5.74, 6) is -0.459. The van der Waals surface area contributed by atoms with E-state index >= 15 is 0 Å². The molecule has 5 nitrogen and oxygen atoms in total. The number of benzene rings is 2. The van der Waals surface area contributed by atoms with E-state index in [0.717, 1.165) is 0 Å². The largest absolute Gasteiger partial charge is 0.387 e. The predicted molar refractivity (Wildman–Crippen MR) is 82.1 cm³/mol. The molecule has 0 saturated heterocycles. The van der Waals surface area contributed by atoms with Crippen molar-refractivity contribution in [3.63, 3.8) is 0 Å². The third-order valence-corrected chi connectivity index (χ3v) is 3.58. The number of hydrogen-bond acceptors (Lipinski definition) is 4. The Morgan fingerprint density at radius 2 is 2.00 bits per heavy atom.